The number of benzene rings is 1. The normalized spacial score (nSPS) is 11.8. The molecule has 0 spiro atoms. The summed E-state index contributed by atoms with van der Waals surface area (Å²) in [4.78, 5) is 0. The van der Waals surface area contributed by atoms with Gasteiger partial charge in [-0.15, -0.1) is 0 Å². The maximum atomic E-state index is 12.2. The molecule has 0 fully saturated rings. The molecular weight excluding hydrogens is 164 g/mol. The molecule has 1 aromatic rings. The zero-order chi connectivity index (χ0) is 9.35. The fraction of sp³-hybridized carbons (Fsp3) is 0.250. The fourth-order valence-corrected chi connectivity index (χ4v) is 0.755. The molecule has 0 aliphatic carbocycles. The number of aryl methyl sites for hydroxylation is 1. The van der Waals surface area contributed by atoms with Gasteiger partial charge in [0.2, 0.25) is 0 Å². The molecule has 0 saturated heterocycles. The van der Waals surface area contributed by atoms with Gasteiger partial charge in [-0.3, -0.25) is 0 Å². The maximum Gasteiger partial charge on any atom is 0.416 e. The van der Waals surface area contributed by atoms with E-state index < -0.39 is 11.7 Å². The number of hydrogen-bond donors (Lipinski definition) is 0. The summed E-state index contributed by atoms with van der Waals surface area (Å²) < 4.78 is 36.5. The van der Waals surface area contributed by atoms with Crippen molar-refractivity contribution < 1.29 is 13.2 Å². The summed E-state index contributed by atoms with van der Waals surface area (Å²) in [6, 6.07) is 4.27. The van der Waals surface area contributed by atoms with Gasteiger partial charge >= 0.3 is 6.18 Å². The molecule has 0 heterocycles. The molecule has 0 amide bonds. The predicted molar refractivity (Wildman–Crippen MR) is 45.8 cm³/mol. The average molecular weight is 173 g/mol. The van der Waals surface area contributed by atoms with Crippen molar-refractivity contribution in [2.24, 2.45) is 0 Å². The number of halogens is 3. The van der Waals surface area contributed by atoms with Crippen LogP contribution in [-0.2, 0) is 6.18 Å². The Labute approximate surface area is 69.8 Å². The molecule has 0 atom stereocenters. The molecule has 0 N–H and O–H groups in total. The first kappa shape index (κ1) is 9.17. The standard InChI is InChI=1S/C8H9BF3/c1-5-2-6(8(10,11)12)4-7(9)3-5/h2-4H,1,9H3/q-1. The molecule has 0 aliphatic rings. The van der Waals surface area contributed by atoms with Crippen LogP contribution in [0.2, 0.25) is 0 Å². The molecule has 0 saturated carbocycles. The minimum Gasteiger partial charge on any atom is -0.220 e. The molecule has 66 valence electrons. The van der Waals surface area contributed by atoms with E-state index in [0.29, 0.717) is 5.56 Å². The van der Waals surface area contributed by atoms with Crippen molar-refractivity contribution in [1.82, 2.24) is 0 Å². The molecular formula is C8H9BF3-. The van der Waals surface area contributed by atoms with E-state index in [4.69, 9.17) is 0 Å². The third kappa shape index (κ3) is 2.03. The summed E-state index contributed by atoms with van der Waals surface area (Å²) >= 11 is 0. The smallest absolute Gasteiger partial charge is 0.220 e. The minimum atomic E-state index is -4.19. The average Bonchev–Trinajstić information content (AvgIpc) is 1.82. The Bertz CT molecular complexity index is 271. The largest absolute Gasteiger partial charge is 0.416 e. The first-order valence-corrected chi connectivity index (χ1v) is 3.05. The Morgan fingerprint density at radius 1 is 1.17 bits per heavy atom. The van der Waals surface area contributed by atoms with Crippen LogP contribution in [0.15, 0.2) is 18.2 Å². The van der Waals surface area contributed by atoms with E-state index in [9.17, 15) is 13.2 Å². The van der Waals surface area contributed by atoms with Crippen LogP contribution in [0.3, 0.4) is 0 Å². The summed E-state index contributed by atoms with van der Waals surface area (Å²) in [6.07, 6.45) is -4.19. The first-order valence-electron chi connectivity index (χ1n) is 3.05. The van der Waals surface area contributed by atoms with Gasteiger partial charge in [-0.2, -0.15) is 13.2 Å². The first-order chi connectivity index (χ1) is 5.39. The van der Waals surface area contributed by atoms with E-state index in [-0.39, 0.29) is 7.85 Å². The zero-order valence-electron chi connectivity index (χ0n) is 5.87. The van der Waals surface area contributed by atoms with Gasteiger partial charge in [0.15, 0.2) is 0 Å². The summed E-state index contributed by atoms with van der Waals surface area (Å²) in [5.74, 6) is 0. The summed E-state index contributed by atoms with van der Waals surface area (Å²) in [6.45, 7) is 1.70. The highest BCUT2D eigenvalue weighted by Gasteiger charge is 2.29. The Kier molecular flexibility index (Phi) is 2.17. The Balaban J connectivity index is 3.18. The molecule has 1 aromatic carbocycles. The topological polar surface area (TPSA) is 0 Å². The van der Waals surface area contributed by atoms with Crippen molar-refractivity contribution >= 4 is 13.3 Å². The van der Waals surface area contributed by atoms with Crippen LogP contribution in [0.5, 0.6) is 0 Å². The lowest BCUT2D eigenvalue weighted by Crippen LogP contribution is -2.11. The van der Waals surface area contributed by atoms with Crippen molar-refractivity contribution in [2.75, 3.05) is 0 Å². The summed E-state index contributed by atoms with van der Waals surface area (Å²) in [5, 5.41) is 0. The van der Waals surface area contributed by atoms with Gasteiger partial charge in [0.1, 0.15) is 0 Å². The van der Waals surface area contributed by atoms with Gasteiger partial charge in [0.25, 0.3) is 0 Å². The monoisotopic (exact) mass is 173 g/mol. The van der Waals surface area contributed by atoms with Crippen LogP contribution in [0.1, 0.15) is 11.1 Å². The molecule has 0 radical (unpaired) electrons. The van der Waals surface area contributed by atoms with Gasteiger partial charge < -0.3 is 0 Å². The van der Waals surface area contributed by atoms with Gasteiger partial charge in [0.05, 0.1) is 5.56 Å². The van der Waals surface area contributed by atoms with E-state index in [2.05, 4.69) is 0 Å². The number of hydrogen-bond acceptors (Lipinski definition) is 0. The van der Waals surface area contributed by atoms with Crippen LogP contribution in [0.4, 0.5) is 13.2 Å². The molecule has 12 heavy (non-hydrogen) atoms. The summed E-state index contributed by atoms with van der Waals surface area (Å²) in [7, 11) is -0.146. The highest BCUT2D eigenvalue weighted by Crippen LogP contribution is 2.28. The molecule has 0 bridgehead atoms. The van der Waals surface area contributed by atoms with Crippen LogP contribution >= 0.6 is 0 Å². The van der Waals surface area contributed by atoms with Crippen molar-refractivity contribution in [3.05, 3.63) is 29.3 Å². The lowest BCUT2D eigenvalue weighted by Gasteiger charge is -2.10. The lowest BCUT2D eigenvalue weighted by molar-refractivity contribution is -0.137. The Morgan fingerprint density at radius 2 is 1.75 bits per heavy atom. The van der Waals surface area contributed by atoms with Gasteiger partial charge in [-0.25, -0.2) is 5.46 Å². The molecule has 0 nitrogen and oxygen atoms in total. The summed E-state index contributed by atoms with van der Waals surface area (Å²) in [5.41, 5.74) is 1.09. The molecule has 1 rings (SSSR count). The van der Waals surface area contributed by atoms with E-state index >= 15 is 0 Å². The molecule has 0 aromatic heterocycles. The molecule has 0 aliphatic heterocycles. The Hall–Kier alpha value is -0.925. The van der Waals surface area contributed by atoms with Crippen molar-refractivity contribution in [3.63, 3.8) is 0 Å². The highest BCUT2D eigenvalue weighted by atomic mass is 19.4. The molecule has 4 heteroatoms. The predicted octanol–water partition coefficient (Wildman–Crippen LogP) is 1.00. The third-order valence-electron chi connectivity index (χ3n) is 1.26. The van der Waals surface area contributed by atoms with Crippen LogP contribution in [0.25, 0.3) is 0 Å². The second-order valence-electron chi connectivity index (χ2n) is 2.30. The SMILES string of the molecule is [BH3-]c1cc(C)cc(C(F)(F)F)c1. The van der Waals surface area contributed by atoms with E-state index in [1.165, 1.54) is 12.1 Å². The van der Waals surface area contributed by atoms with Crippen molar-refractivity contribution in [1.29, 1.82) is 0 Å². The van der Waals surface area contributed by atoms with Crippen LogP contribution < -0.4 is 5.46 Å². The second kappa shape index (κ2) is 2.85. The lowest BCUT2D eigenvalue weighted by atomic mass is 9.92. The van der Waals surface area contributed by atoms with E-state index in [1.54, 1.807) is 6.92 Å². The quantitative estimate of drug-likeness (QED) is 0.513. The van der Waals surface area contributed by atoms with Gasteiger partial charge in [-0.05, 0) is 20.8 Å². The third-order valence-corrected chi connectivity index (χ3v) is 1.26. The van der Waals surface area contributed by atoms with Crippen molar-refractivity contribution in [3.8, 4) is 0 Å². The second-order valence-corrected chi connectivity index (χ2v) is 2.30. The van der Waals surface area contributed by atoms with Gasteiger partial charge in [-0.1, -0.05) is 17.7 Å². The maximum absolute atomic E-state index is 12.2. The fourth-order valence-electron chi connectivity index (χ4n) is 0.755. The van der Waals surface area contributed by atoms with Crippen LogP contribution in [0, 0.1) is 6.92 Å². The van der Waals surface area contributed by atoms with Crippen LogP contribution in [-0.4, -0.2) is 7.85 Å². The minimum absolute atomic E-state index is 0.146. The van der Waals surface area contributed by atoms with Crippen molar-refractivity contribution in [2.45, 2.75) is 13.1 Å². The zero-order valence-corrected chi connectivity index (χ0v) is 5.87. The number of rotatable bonds is 0. The van der Waals surface area contributed by atoms with Gasteiger partial charge in [0, 0.05) is 0 Å². The van der Waals surface area contributed by atoms with E-state index in [0.717, 1.165) is 5.46 Å². The highest BCUT2D eigenvalue weighted by molar-refractivity contribution is 6.32. The molecule has 0 unspecified atom stereocenters. The number of alkyl halides is 3. The Morgan fingerprint density at radius 3 is 2.17 bits per heavy atom. The van der Waals surface area contributed by atoms with E-state index in [1.807, 2.05) is 6.07 Å².